The molecule has 1 N–H and O–H groups in total. The van der Waals surface area contributed by atoms with Gasteiger partial charge < -0.3 is 9.73 Å². The van der Waals surface area contributed by atoms with Crippen molar-refractivity contribution in [3.8, 4) is 0 Å². The van der Waals surface area contributed by atoms with Crippen LogP contribution in [0.3, 0.4) is 0 Å². The van der Waals surface area contributed by atoms with Gasteiger partial charge in [-0.15, -0.1) is 21.5 Å². The third kappa shape index (κ3) is 4.03. The molecule has 19 heavy (non-hydrogen) atoms. The van der Waals surface area contributed by atoms with Crippen molar-refractivity contribution >= 4 is 34.1 Å². The van der Waals surface area contributed by atoms with E-state index in [0.717, 1.165) is 0 Å². The van der Waals surface area contributed by atoms with Gasteiger partial charge in [0.2, 0.25) is 11.8 Å². The number of rotatable bonds is 4. The molecule has 0 aliphatic carbocycles. The molecule has 0 fully saturated rings. The van der Waals surface area contributed by atoms with Gasteiger partial charge in [-0.2, -0.15) is 0 Å². The zero-order valence-corrected chi connectivity index (χ0v) is 12.5. The summed E-state index contributed by atoms with van der Waals surface area (Å²) in [5, 5.41) is 13.3. The molecule has 2 aromatic heterocycles. The lowest BCUT2D eigenvalue weighted by Crippen LogP contribution is -2.13. The molecule has 0 radical (unpaired) electrons. The molecular weight excluding hydrogens is 284 g/mol. The molecule has 0 saturated carbocycles. The van der Waals surface area contributed by atoms with E-state index in [1.165, 1.54) is 23.1 Å². The number of amides is 1. The molecule has 0 atom stereocenters. The second-order valence-corrected chi connectivity index (χ2v) is 6.62. The third-order valence-electron chi connectivity index (χ3n) is 2.05. The Hall–Kier alpha value is -1.41. The van der Waals surface area contributed by atoms with Crippen molar-refractivity contribution < 1.29 is 9.21 Å². The number of aromatic nitrogens is 3. The number of anilines is 1. The van der Waals surface area contributed by atoms with Crippen LogP contribution in [0.1, 0.15) is 26.7 Å². The lowest BCUT2D eigenvalue weighted by atomic mass is 9.97. The Morgan fingerprint density at radius 1 is 1.47 bits per heavy atom. The highest BCUT2D eigenvalue weighted by molar-refractivity contribution is 7.99. The minimum absolute atomic E-state index is 0.143. The largest absolute Gasteiger partial charge is 0.415 e. The van der Waals surface area contributed by atoms with Crippen LogP contribution in [0, 0.1) is 0 Å². The van der Waals surface area contributed by atoms with Gasteiger partial charge in [-0.25, -0.2) is 4.98 Å². The molecule has 0 spiro atoms. The number of carbonyl (C=O) groups excluding carboxylic acids is 1. The van der Waals surface area contributed by atoms with Crippen LogP contribution in [-0.2, 0) is 10.2 Å². The summed E-state index contributed by atoms with van der Waals surface area (Å²) in [5.41, 5.74) is -0.186. The van der Waals surface area contributed by atoms with Crippen LogP contribution < -0.4 is 5.32 Å². The number of hydrogen-bond donors (Lipinski definition) is 1. The van der Waals surface area contributed by atoms with Crippen LogP contribution in [0.2, 0.25) is 0 Å². The summed E-state index contributed by atoms with van der Waals surface area (Å²) in [5.74, 6) is 0.636. The highest BCUT2D eigenvalue weighted by Crippen LogP contribution is 2.24. The van der Waals surface area contributed by atoms with Crippen molar-refractivity contribution in [3.63, 3.8) is 0 Å². The van der Waals surface area contributed by atoms with Crippen molar-refractivity contribution in [2.75, 3.05) is 11.1 Å². The molecule has 1 amide bonds. The maximum absolute atomic E-state index is 11.6. The van der Waals surface area contributed by atoms with Crippen molar-refractivity contribution in [2.24, 2.45) is 0 Å². The van der Waals surface area contributed by atoms with Gasteiger partial charge in [0.05, 0.1) is 5.75 Å². The first-order valence-electron chi connectivity index (χ1n) is 5.61. The fourth-order valence-corrected chi connectivity index (χ4v) is 2.25. The normalized spacial score (nSPS) is 11.5. The van der Waals surface area contributed by atoms with Gasteiger partial charge in [-0.1, -0.05) is 32.5 Å². The van der Waals surface area contributed by atoms with E-state index in [-0.39, 0.29) is 17.1 Å². The number of nitrogens with one attached hydrogen (secondary N) is 1. The smallest absolute Gasteiger partial charge is 0.277 e. The van der Waals surface area contributed by atoms with Crippen LogP contribution in [0.5, 0.6) is 0 Å². The highest BCUT2D eigenvalue weighted by Gasteiger charge is 2.21. The van der Waals surface area contributed by atoms with Gasteiger partial charge in [0.25, 0.3) is 5.22 Å². The zero-order chi connectivity index (χ0) is 13.9. The first-order valence-corrected chi connectivity index (χ1v) is 7.48. The van der Waals surface area contributed by atoms with Crippen molar-refractivity contribution in [2.45, 2.75) is 31.4 Å². The number of nitrogens with zero attached hydrogens (tertiary/aromatic N) is 3. The molecule has 0 aromatic carbocycles. The van der Waals surface area contributed by atoms with E-state index < -0.39 is 0 Å². The maximum atomic E-state index is 11.6. The second-order valence-electron chi connectivity index (χ2n) is 4.80. The quantitative estimate of drug-likeness (QED) is 0.874. The molecule has 0 unspecified atom stereocenters. The van der Waals surface area contributed by atoms with Crippen LogP contribution in [0.4, 0.5) is 5.13 Å². The van der Waals surface area contributed by atoms with Gasteiger partial charge in [-0.05, 0) is 0 Å². The first-order chi connectivity index (χ1) is 8.95. The fraction of sp³-hybridized carbons (Fsp3) is 0.455. The number of hydrogen-bond acceptors (Lipinski definition) is 7. The lowest BCUT2D eigenvalue weighted by molar-refractivity contribution is -0.113. The van der Waals surface area contributed by atoms with E-state index in [0.29, 0.717) is 16.2 Å². The van der Waals surface area contributed by atoms with Crippen molar-refractivity contribution in [1.82, 2.24) is 15.2 Å². The molecule has 2 rings (SSSR count). The van der Waals surface area contributed by atoms with E-state index >= 15 is 0 Å². The number of carbonyl (C=O) groups is 1. The third-order valence-corrected chi connectivity index (χ3v) is 3.56. The van der Waals surface area contributed by atoms with E-state index in [4.69, 9.17) is 4.42 Å². The molecule has 6 nitrogen and oxygen atoms in total. The van der Waals surface area contributed by atoms with Gasteiger partial charge in [0.15, 0.2) is 5.13 Å². The highest BCUT2D eigenvalue weighted by atomic mass is 32.2. The van der Waals surface area contributed by atoms with Crippen LogP contribution >= 0.6 is 23.1 Å². The maximum Gasteiger partial charge on any atom is 0.277 e. The first kappa shape index (κ1) is 14.0. The molecule has 0 aliphatic heterocycles. The van der Waals surface area contributed by atoms with E-state index in [1.807, 2.05) is 20.8 Å². The van der Waals surface area contributed by atoms with Gasteiger partial charge in [0, 0.05) is 17.0 Å². The summed E-state index contributed by atoms with van der Waals surface area (Å²) in [6.45, 7) is 5.97. The van der Waals surface area contributed by atoms with Gasteiger partial charge >= 0.3 is 0 Å². The molecule has 2 aromatic rings. The molecule has 102 valence electrons. The van der Waals surface area contributed by atoms with E-state index in [1.54, 1.807) is 11.6 Å². The topological polar surface area (TPSA) is 80.9 Å². The summed E-state index contributed by atoms with van der Waals surface area (Å²) >= 11 is 2.59. The molecular formula is C11H14N4O2S2. The Balaban J connectivity index is 1.85. The molecule has 0 saturated heterocycles. The standard InChI is InChI=1S/C11H14N4O2S2/c1-11(2,3)8-14-15-10(17-8)19-6-7(16)13-9-12-4-5-18-9/h4-5H,6H2,1-3H3,(H,12,13,16). The summed E-state index contributed by atoms with van der Waals surface area (Å²) in [4.78, 5) is 15.6. The molecule has 8 heteroatoms. The van der Waals surface area contributed by atoms with E-state index in [2.05, 4.69) is 20.5 Å². The lowest BCUT2D eigenvalue weighted by Gasteiger charge is -2.10. The summed E-state index contributed by atoms with van der Waals surface area (Å²) < 4.78 is 5.48. The summed E-state index contributed by atoms with van der Waals surface area (Å²) in [7, 11) is 0. The van der Waals surface area contributed by atoms with Crippen molar-refractivity contribution in [3.05, 3.63) is 17.5 Å². The SMILES string of the molecule is CC(C)(C)c1nnc(SCC(=O)Nc2nccs2)o1. The van der Waals surface area contributed by atoms with Crippen LogP contribution in [0.15, 0.2) is 21.2 Å². The Kier molecular flexibility index (Phi) is 4.20. The van der Waals surface area contributed by atoms with Crippen LogP contribution in [0.25, 0.3) is 0 Å². The average Bonchev–Trinajstić information content (AvgIpc) is 2.95. The number of thioether (sulfide) groups is 1. The summed E-state index contributed by atoms with van der Waals surface area (Å²) in [6.07, 6.45) is 1.64. The van der Waals surface area contributed by atoms with Gasteiger partial charge in [0.1, 0.15) is 0 Å². The average molecular weight is 298 g/mol. The van der Waals surface area contributed by atoms with Crippen molar-refractivity contribution in [1.29, 1.82) is 0 Å². The van der Waals surface area contributed by atoms with Crippen LogP contribution in [-0.4, -0.2) is 26.8 Å². The Labute approximate surface area is 119 Å². The Bertz CT molecular complexity index is 545. The molecule has 2 heterocycles. The minimum Gasteiger partial charge on any atom is -0.415 e. The fourth-order valence-electron chi connectivity index (χ4n) is 1.14. The zero-order valence-electron chi connectivity index (χ0n) is 10.8. The monoisotopic (exact) mass is 298 g/mol. The Morgan fingerprint density at radius 2 is 2.26 bits per heavy atom. The molecule has 0 aliphatic rings. The number of thiazole rings is 1. The molecule has 0 bridgehead atoms. The Morgan fingerprint density at radius 3 is 2.84 bits per heavy atom. The van der Waals surface area contributed by atoms with Gasteiger partial charge in [-0.3, -0.25) is 4.79 Å². The van der Waals surface area contributed by atoms with E-state index in [9.17, 15) is 4.79 Å². The second kappa shape index (κ2) is 5.70. The predicted octanol–water partition coefficient (Wildman–Crippen LogP) is 2.55. The predicted molar refractivity (Wildman–Crippen MR) is 74.5 cm³/mol. The summed E-state index contributed by atoms with van der Waals surface area (Å²) in [6, 6.07) is 0. The minimum atomic E-state index is -0.186.